The van der Waals surface area contributed by atoms with Gasteiger partial charge in [0.1, 0.15) is 23.8 Å². The van der Waals surface area contributed by atoms with Crippen molar-refractivity contribution in [2.75, 3.05) is 115 Å². The molecule has 6 N–H and O–H groups in total. The highest BCUT2D eigenvalue weighted by molar-refractivity contribution is 5.98. The van der Waals surface area contributed by atoms with E-state index < -0.39 is 69.1 Å². The molecule has 6 atom stereocenters. The number of nitrogens with zero attached hydrogens (tertiary/aromatic N) is 6. The first-order valence-electron chi connectivity index (χ1n) is 31.4. The first kappa shape index (κ1) is 66.2. The lowest BCUT2D eigenvalue weighted by molar-refractivity contribution is -0.139. The summed E-state index contributed by atoms with van der Waals surface area (Å²) in [5.41, 5.74) is 1.32. The van der Waals surface area contributed by atoms with Crippen molar-refractivity contribution in [2.24, 2.45) is 0 Å². The predicted molar refractivity (Wildman–Crippen MR) is 331 cm³/mol. The number of aromatic amines is 2. The van der Waals surface area contributed by atoms with E-state index in [0.717, 1.165) is 23.3 Å². The van der Waals surface area contributed by atoms with Crippen molar-refractivity contribution in [1.29, 1.82) is 0 Å². The average molecular weight is 1280 g/mol. The van der Waals surface area contributed by atoms with Crippen molar-refractivity contribution in [1.82, 2.24) is 50.8 Å². The molecule has 0 spiro atoms. The highest BCUT2D eigenvalue weighted by Crippen LogP contribution is 2.41. The van der Waals surface area contributed by atoms with Gasteiger partial charge in [-0.25, -0.2) is 26.3 Å². The van der Waals surface area contributed by atoms with E-state index in [0.29, 0.717) is 114 Å². The Balaban J connectivity index is 0.635. The molecular formula is C66H80F6N12O8. The van der Waals surface area contributed by atoms with E-state index in [-0.39, 0.29) is 122 Å². The molecule has 26 heteroatoms. The number of hydrogen-bond donors (Lipinski definition) is 6. The maximum absolute atomic E-state index is 14.7. The summed E-state index contributed by atoms with van der Waals surface area (Å²) >= 11 is 0. The predicted octanol–water partition coefficient (Wildman–Crippen LogP) is 3.69. The number of H-pyrrole nitrogens is 2. The minimum Gasteiger partial charge on any atom is -0.366 e. The van der Waals surface area contributed by atoms with Gasteiger partial charge in [-0.3, -0.25) is 48.4 Å². The van der Waals surface area contributed by atoms with Crippen LogP contribution in [0.3, 0.4) is 0 Å². The molecule has 6 aliphatic heterocycles. The minimum absolute atomic E-state index is 0.0631. The van der Waals surface area contributed by atoms with Crippen LogP contribution in [0, 0.1) is 34.9 Å². The molecule has 0 saturated carbocycles. The number of nitrogens with one attached hydrogen (secondary N) is 6. The Bertz CT molecular complexity index is 3500. The van der Waals surface area contributed by atoms with E-state index in [1.807, 2.05) is 65.8 Å². The van der Waals surface area contributed by atoms with Gasteiger partial charge >= 0.3 is 0 Å². The number of carbonyl (C=O) groups excluding carboxylic acids is 4. The van der Waals surface area contributed by atoms with Crippen LogP contribution >= 0.6 is 0 Å². The molecule has 20 nitrogen and oxygen atoms in total. The molecule has 0 bridgehead atoms. The summed E-state index contributed by atoms with van der Waals surface area (Å²) in [6.07, 6.45) is -2.10. The second kappa shape index (κ2) is 27.3. The van der Waals surface area contributed by atoms with Crippen molar-refractivity contribution in [3.05, 3.63) is 161 Å². The number of amides is 4. The molecule has 0 radical (unpaired) electrons. The standard InChI is InChI=1S/C66H80F6N12O8/c1-37-27-81(33-57(85)83-35-65(3,4)59-53(83)19-43(61(87)77-59)15-41-17-49(69)51(71)21-47(41)67)45(25-73-37)29-79-11-13-91-55(31-79)63(89)75-23-39-7-9-40(10-8-39)24-76-64(90)56-32-80(12-14-92-56)30-46-26-74-38(2)28-82(46)34-58(86)84-36-66(5,6)60-54(84)20-44(62(88)78-60)16-42-18-50(70)52(72)22-48(42)68/h7-10,17-22,37-38,45-46,55-56,73-74H,11-16,23-36H2,1-6H3,(H,75,89)(H,76,90)(H,77,87)(H,78,88)/t37-,38-,45-,46-,55+,56+/m1/s1. The molecule has 92 heavy (non-hydrogen) atoms. The number of hydrogen-bond acceptors (Lipinski definition) is 14. The van der Waals surface area contributed by atoms with Gasteiger partial charge in [0.15, 0.2) is 23.3 Å². The summed E-state index contributed by atoms with van der Waals surface area (Å²) in [4.78, 5) is 100. The Hall–Kier alpha value is -7.30. The molecule has 4 saturated heterocycles. The molecule has 3 aromatic carbocycles. The Morgan fingerprint density at radius 2 is 0.913 bits per heavy atom. The quantitative estimate of drug-likeness (QED) is 0.0545. The van der Waals surface area contributed by atoms with Gasteiger partial charge in [0, 0.05) is 174 Å². The molecule has 8 heterocycles. The van der Waals surface area contributed by atoms with Gasteiger partial charge in [0.05, 0.1) is 37.7 Å². The second-order valence-corrected chi connectivity index (χ2v) is 26.8. The number of benzene rings is 3. The van der Waals surface area contributed by atoms with E-state index in [1.54, 1.807) is 21.9 Å². The normalized spacial score (nSPS) is 23.5. The highest BCUT2D eigenvalue weighted by atomic mass is 19.2. The van der Waals surface area contributed by atoms with Crippen LogP contribution in [0.2, 0.25) is 0 Å². The fourth-order valence-electron chi connectivity index (χ4n) is 13.6. The summed E-state index contributed by atoms with van der Waals surface area (Å²) in [6, 6.07) is 13.0. The summed E-state index contributed by atoms with van der Waals surface area (Å²) in [6.45, 7) is 18.8. The van der Waals surface area contributed by atoms with Gasteiger partial charge in [-0.05, 0) is 60.4 Å². The minimum atomic E-state index is -1.33. The van der Waals surface area contributed by atoms with Crippen molar-refractivity contribution >= 4 is 35.0 Å². The molecule has 11 rings (SSSR count). The third-order valence-electron chi connectivity index (χ3n) is 18.7. The van der Waals surface area contributed by atoms with Crippen LogP contribution < -0.4 is 42.2 Å². The fourth-order valence-corrected chi connectivity index (χ4v) is 13.6. The average Bonchev–Trinajstić information content (AvgIpc) is 1.60. The number of rotatable bonds is 18. The smallest absolute Gasteiger partial charge is 0.251 e. The number of piperazine rings is 2. The molecule has 6 aliphatic rings. The SMILES string of the molecule is C[C@@H]1CN(CC(=O)N2CC(C)(C)c3[nH]c(=O)c(Cc4cc(F)c(F)cc4F)cc32)[C@@H](CN2CCO[C@H](C(=O)NCc3ccc(CNC(=O)[C@@H]4CN(C[C@H]5CN[C@H](C)CN5CC(=O)N5CC(C)(C)c6[nH]c(=O)c(Cc7cc(F)c(F)cc7F)cc65)CCO4)cc3)C2)CN1. The molecule has 0 unspecified atom stereocenters. The molecule has 494 valence electrons. The van der Waals surface area contributed by atoms with Crippen molar-refractivity contribution in [3.63, 3.8) is 0 Å². The zero-order valence-electron chi connectivity index (χ0n) is 52.6. The van der Waals surface area contributed by atoms with Crippen molar-refractivity contribution in [2.45, 2.75) is 115 Å². The van der Waals surface area contributed by atoms with Crippen LogP contribution in [0.1, 0.15) is 86.3 Å². The Morgan fingerprint density at radius 3 is 1.30 bits per heavy atom. The number of carbonyl (C=O) groups is 4. The summed E-state index contributed by atoms with van der Waals surface area (Å²) in [5.74, 6) is -8.02. The van der Waals surface area contributed by atoms with Crippen LogP contribution in [0.15, 0.2) is 70.3 Å². The molecular weight excluding hydrogens is 1200 g/mol. The highest BCUT2D eigenvalue weighted by Gasteiger charge is 2.44. The Labute approximate surface area is 529 Å². The maximum Gasteiger partial charge on any atom is 0.251 e. The van der Waals surface area contributed by atoms with E-state index in [1.165, 1.54) is 0 Å². The lowest BCUT2D eigenvalue weighted by Gasteiger charge is -2.43. The number of aromatic nitrogens is 2. The monoisotopic (exact) mass is 1280 g/mol. The Kier molecular flexibility index (Phi) is 19.7. The zero-order chi connectivity index (χ0) is 65.5. The number of anilines is 2. The van der Waals surface area contributed by atoms with Gasteiger partial charge < -0.3 is 50.5 Å². The van der Waals surface area contributed by atoms with Gasteiger partial charge in [-0.2, -0.15) is 0 Å². The van der Waals surface area contributed by atoms with Crippen LogP contribution in [0.5, 0.6) is 0 Å². The fraction of sp³-hybridized carbons (Fsp3) is 0.515. The molecule has 5 aromatic rings. The van der Waals surface area contributed by atoms with Gasteiger partial charge in [0.2, 0.25) is 11.8 Å². The molecule has 2 aromatic heterocycles. The van der Waals surface area contributed by atoms with E-state index in [9.17, 15) is 55.1 Å². The van der Waals surface area contributed by atoms with Crippen LogP contribution in [0.25, 0.3) is 0 Å². The lowest BCUT2D eigenvalue weighted by Crippen LogP contribution is -2.62. The van der Waals surface area contributed by atoms with Crippen molar-refractivity contribution in [3.8, 4) is 0 Å². The molecule has 4 fully saturated rings. The summed E-state index contributed by atoms with van der Waals surface area (Å²) < 4.78 is 97.0. The van der Waals surface area contributed by atoms with E-state index in [4.69, 9.17) is 9.47 Å². The first-order chi connectivity index (χ1) is 43.7. The maximum atomic E-state index is 14.7. The molecule has 4 amide bonds. The first-order valence-corrected chi connectivity index (χ1v) is 31.4. The van der Waals surface area contributed by atoms with Crippen molar-refractivity contribution < 1.29 is 55.0 Å². The van der Waals surface area contributed by atoms with Gasteiger partial charge in [-0.15, -0.1) is 0 Å². The summed E-state index contributed by atoms with van der Waals surface area (Å²) in [7, 11) is 0. The number of morpholine rings is 2. The number of pyridine rings is 2. The molecule has 0 aliphatic carbocycles. The zero-order valence-corrected chi connectivity index (χ0v) is 52.6. The number of halogens is 6. The second-order valence-electron chi connectivity index (χ2n) is 26.8. The summed E-state index contributed by atoms with van der Waals surface area (Å²) in [5, 5.41) is 13.1. The van der Waals surface area contributed by atoms with E-state index in [2.05, 4.69) is 50.8 Å². The largest absolute Gasteiger partial charge is 0.366 e. The van der Waals surface area contributed by atoms with Crippen LogP contribution in [-0.4, -0.2) is 194 Å². The van der Waals surface area contributed by atoms with Crippen LogP contribution in [-0.2, 0) is 65.4 Å². The van der Waals surface area contributed by atoms with Gasteiger partial charge in [0.25, 0.3) is 22.9 Å². The third kappa shape index (κ3) is 14.9. The Morgan fingerprint density at radius 1 is 0.533 bits per heavy atom. The number of ether oxygens (including phenoxy) is 2. The van der Waals surface area contributed by atoms with Crippen LogP contribution in [0.4, 0.5) is 37.7 Å². The third-order valence-corrected chi connectivity index (χ3v) is 18.7. The number of fused-ring (bicyclic) bond motifs is 2. The van der Waals surface area contributed by atoms with Gasteiger partial charge in [-0.1, -0.05) is 52.0 Å². The topological polar surface area (TPSA) is 220 Å². The lowest BCUT2D eigenvalue weighted by atomic mass is 9.91. The van der Waals surface area contributed by atoms with E-state index >= 15 is 0 Å².